The first kappa shape index (κ1) is 12.6. The Kier molecular flexibility index (Phi) is 2.85. The first-order valence-electron chi connectivity index (χ1n) is 6.01. The topological polar surface area (TPSA) is 75.5 Å². The number of nitrogens with zero attached hydrogens (tertiary/aromatic N) is 2. The Bertz CT molecular complexity index is 636. The average molecular weight is 281 g/mol. The van der Waals surface area contributed by atoms with Gasteiger partial charge in [-0.05, 0) is 25.8 Å². The zero-order chi connectivity index (χ0) is 13.6. The largest absolute Gasteiger partial charge is 0.474 e. The fourth-order valence-electron chi connectivity index (χ4n) is 1.90. The van der Waals surface area contributed by atoms with Gasteiger partial charge < -0.3 is 14.9 Å². The van der Waals surface area contributed by atoms with E-state index in [1.165, 1.54) is 19.3 Å². The van der Waals surface area contributed by atoms with Crippen molar-refractivity contribution in [2.75, 3.05) is 0 Å². The highest BCUT2D eigenvalue weighted by atomic mass is 35.5. The van der Waals surface area contributed by atoms with Crippen LogP contribution in [0.15, 0.2) is 18.5 Å². The van der Waals surface area contributed by atoms with Crippen molar-refractivity contribution in [2.45, 2.75) is 31.7 Å². The van der Waals surface area contributed by atoms with Crippen molar-refractivity contribution < 1.29 is 14.9 Å². The molecule has 1 saturated carbocycles. The lowest BCUT2D eigenvalue weighted by Gasteiger charge is -2.19. The summed E-state index contributed by atoms with van der Waals surface area (Å²) < 4.78 is 5.69. The number of aromatic nitrogens is 2. The molecule has 0 saturated heterocycles. The van der Waals surface area contributed by atoms with Crippen molar-refractivity contribution in [3.05, 3.63) is 29.2 Å². The summed E-state index contributed by atoms with van der Waals surface area (Å²) in [5, 5.41) is 21.0. The van der Waals surface area contributed by atoms with E-state index in [-0.39, 0.29) is 16.8 Å². The molecule has 0 spiro atoms. The van der Waals surface area contributed by atoms with Gasteiger partial charge >= 0.3 is 0 Å². The van der Waals surface area contributed by atoms with E-state index in [4.69, 9.17) is 16.3 Å². The molecule has 2 aromatic heterocycles. The smallest absolute Gasteiger partial charge is 0.223 e. The van der Waals surface area contributed by atoms with Crippen molar-refractivity contribution in [1.29, 1.82) is 0 Å². The zero-order valence-electron chi connectivity index (χ0n) is 10.3. The number of hydrogen-bond acceptors (Lipinski definition) is 5. The highest BCUT2D eigenvalue weighted by Gasteiger charge is 2.27. The van der Waals surface area contributed by atoms with E-state index < -0.39 is 5.79 Å². The number of hydrogen-bond donors (Lipinski definition) is 2. The maximum absolute atomic E-state index is 9.77. The summed E-state index contributed by atoms with van der Waals surface area (Å²) in [6.07, 6.45) is 5.17. The summed E-state index contributed by atoms with van der Waals surface area (Å²) in [7, 11) is 0. The van der Waals surface area contributed by atoms with Gasteiger partial charge in [-0.25, -0.2) is 9.97 Å². The van der Waals surface area contributed by atoms with Gasteiger partial charge in [0.25, 0.3) is 0 Å². The van der Waals surface area contributed by atoms with Gasteiger partial charge in [0.1, 0.15) is 11.3 Å². The molecule has 0 amide bonds. The monoisotopic (exact) mass is 280 g/mol. The van der Waals surface area contributed by atoms with Crippen molar-refractivity contribution in [2.24, 2.45) is 0 Å². The fourth-order valence-corrected chi connectivity index (χ4v) is 2.06. The fraction of sp³-hybridized carbons (Fsp3) is 0.385. The Hall–Kier alpha value is -1.43. The number of aliphatic hydroxyl groups is 2. The SMILES string of the molecule is CC(O)(O)c1cnc(OC2CC2)c2cnc(Cl)cc12. The predicted molar refractivity (Wildman–Crippen MR) is 70.0 cm³/mol. The van der Waals surface area contributed by atoms with Crippen LogP contribution in [0.3, 0.4) is 0 Å². The molecule has 0 aliphatic heterocycles. The van der Waals surface area contributed by atoms with Gasteiger partial charge in [0, 0.05) is 23.3 Å². The molecule has 0 unspecified atom stereocenters. The van der Waals surface area contributed by atoms with Gasteiger partial charge in [0.2, 0.25) is 5.88 Å². The molecule has 6 heteroatoms. The molecule has 2 N–H and O–H groups in total. The number of halogens is 1. The van der Waals surface area contributed by atoms with E-state index in [1.807, 2.05) is 0 Å². The Morgan fingerprint density at radius 1 is 1.26 bits per heavy atom. The van der Waals surface area contributed by atoms with Crippen molar-refractivity contribution in [3.8, 4) is 5.88 Å². The van der Waals surface area contributed by atoms with Crippen LogP contribution in [0.5, 0.6) is 5.88 Å². The number of fused-ring (bicyclic) bond motifs is 1. The van der Waals surface area contributed by atoms with Gasteiger partial charge in [-0.2, -0.15) is 0 Å². The Labute approximate surface area is 114 Å². The van der Waals surface area contributed by atoms with Crippen LogP contribution >= 0.6 is 11.6 Å². The summed E-state index contributed by atoms with van der Waals surface area (Å²) in [6, 6.07) is 1.58. The van der Waals surface area contributed by atoms with Crippen molar-refractivity contribution in [1.82, 2.24) is 9.97 Å². The highest BCUT2D eigenvalue weighted by Crippen LogP contribution is 2.35. The van der Waals surface area contributed by atoms with E-state index in [0.29, 0.717) is 16.7 Å². The van der Waals surface area contributed by atoms with Crippen molar-refractivity contribution >= 4 is 22.4 Å². The lowest BCUT2D eigenvalue weighted by Crippen LogP contribution is -2.20. The van der Waals surface area contributed by atoms with Crippen LogP contribution in [0.4, 0.5) is 0 Å². The molecule has 2 aromatic rings. The Morgan fingerprint density at radius 3 is 2.63 bits per heavy atom. The number of ether oxygens (including phenoxy) is 1. The second-order valence-electron chi connectivity index (χ2n) is 4.87. The molecule has 2 heterocycles. The molecule has 1 aliphatic carbocycles. The van der Waals surface area contributed by atoms with Crippen LogP contribution in [0.2, 0.25) is 5.15 Å². The normalized spacial score (nSPS) is 15.8. The van der Waals surface area contributed by atoms with Gasteiger partial charge in [-0.3, -0.25) is 0 Å². The van der Waals surface area contributed by atoms with Crippen LogP contribution in [-0.2, 0) is 5.79 Å². The molecule has 1 aliphatic rings. The minimum absolute atomic E-state index is 0.201. The molecule has 1 fully saturated rings. The molecular weight excluding hydrogens is 268 g/mol. The Morgan fingerprint density at radius 2 is 2.00 bits per heavy atom. The van der Waals surface area contributed by atoms with E-state index in [0.717, 1.165) is 12.8 Å². The van der Waals surface area contributed by atoms with Crippen LogP contribution < -0.4 is 4.74 Å². The van der Waals surface area contributed by atoms with Gasteiger partial charge in [0.15, 0.2) is 5.79 Å². The zero-order valence-corrected chi connectivity index (χ0v) is 11.1. The van der Waals surface area contributed by atoms with E-state index in [1.54, 1.807) is 6.07 Å². The van der Waals surface area contributed by atoms with Crippen molar-refractivity contribution in [3.63, 3.8) is 0 Å². The number of rotatable bonds is 3. The summed E-state index contributed by atoms with van der Waals surface area (Å²) in [6.45, 7) is 1.28. The third kappa shape index (κ3) is 2.49. The molecular formula is C13H13ClN2O3. The minimum atomic E-state index is -1.99. The molecule has 5 nitrogen and oxygen atoms in total. The van der Waals surface area contributed by atoms with Gasteiger partial charge in [-0.15, -0.1) is 0 Å². The van der Waals surface area contributed by atoms with E-state index in [2.05, 4.69) is 9.97 Å². The van der Waals surface area contributed by atoms with E-state index in [9.17, 15) is 10.2 Å². The molecule has 0 radical (unpaired) electrons. The third-order valence-electron chi connectivity index (χ3n) is 3.01. The summed E-state index contributed by atoms with van der Waals surface area (Å²) in [4.78, 5) is 8.16. The second-order valence-corrected chi connectivity index (χ2v) is 5.25. The van der Waals surface area contributed by atoms with Gasteiger partial charge in [0.05, 0.1) is 5.39 Å². The maximum Gasteiger partial charge on any atom is 0.223 e. The molecule has 100 valence electrons. The lowest BCUT2D eigenvalue weighted by atomic mass is 10.0. The molecule has 19 heavy (non-hydrogen) atoms. The first-order chi connectivity index (χ1) is 8.95. The second kappa shape index (κ2) is 4.30. The van der Waals surface area contributed by atoms with Crippen LogP contribution in [0, 0.1) is 0 Å². The lowest BCUT2D eigenvalue weighted by molar-refractivity contribution is -0.151. The Balaban J connectivity index is 2.21. The maximum atomic E-state index is 9.77. The highest BCUT2D eigenvalue weighted by molar-refractivity contribution is 6.30. The van der Waals surface area contributed by atoms with Gasteiger partial charge in [-0.1, -0.05) is 11.6 Å². The molecule has 0 aromatic carbocycles. The molecule has 3 rings (SSSR count). The first-order valence-corrected chi connectivity index (χ1v) is 6.39. The third-order valence-corrected chi connectivity index (χ3v) is 3.22. The minimum Gasteiger partial charge on any atom is -0.474 e. The van der Waals surface area contributed by atoms with E-state index >= 15 is 0 Å². The summed E-state index contributed by atoms with van der Waals surface area (Å²) in [5.74, 6) is -1.54. The predicted octanol–water partition coefficient (Wildman–Crippen LogP) is 1.98. The quantitative estimate of drug-likeness (QED) is 0.664. The van der Waals surface area contributed by atoms with Crippen LogP contribution in [-0.4, -0.2) is 26.3 Å². The molecule has 0 bridgehead atoms. The van der Waals surface area contributed by atoms with Crippen LogP contribution in [0.1, 0.15) is 25.3 Å². The summed E-state index contributed by atoms with van der Waals surface area (Å²) >= 11 is 5.88. The van der Waals surface area contributed by atoms with Crippen LogP contribution in [0.25, 0.3) is 10.8 Å². The average Bonchev–Trinajstić information content (AvgIpc) is 3.11. The number of pyridine rings is 2. The summed E-state index contributed by atoms with van der Waals surface area (Å²) in [5.41, 5.74) is 0.273. The molecule has 0 atom stereocenters. The standard InChI is InChI=1S/C13H13ClN2O3/c1-13(17,18)10-6-16-12(19-7-2-3-7)9-5-15-11(14)4-8(9)10/h4-7,17-18H,2-3H2,1H3.